The third-order valence-corrected chi connectivity index (χ3v) is 5.66. The Hall–Kier alpha value is -2.77. The van der Waals surface area contributed by atoms with Crippen molar-refractivity contribution in [1.82, 2.24) is 5.32 Å². The summed E-state index contributed by atoms with van der Waals surface area (Å²) in [7, 11) is 3.13. The van der Waals surface area contributed by atoms with Crippen molar-refractivity contribution in [3.63, 3.8) is 0 Å². The lowest BCUT2D eigenvalue weighted by Gasteiger charge is -2.09. The first-order valence-corrected chi connectivity index (χ1v) is 9.54. The van der Waals surface area contributed by atoms with Crippen LogP contribution >= 0.6 is 22.9 Å². The molecule has 146 valence electrons. The van der Waals surface area contributed by atoms with E-state index in [-0.39, 0.29) is 11.4 Å². The zero-order chi connectivity index (χ0) is 20.1. The molecule has 28 heavy (non-hydrogen) atoms. The van der Waals surface area contributed by atoms with E-state index in [1.54, 1.807) is 38.5 Å². The number of thiophene rings is 1. The van der Waals surface area contributed by atoms with Crippen LogP contribution in [0.25, 0.3) is 10.1 Å². The van der Waals surface area contributed by atoms with Gasteiger partial charge in [0.15, 0.2) is 6.61 Å². The van der Waals surface area contributed by atoms with Gasteiger partial charge in [-0.05, 0) is 24.3 Å². The number of para-hydroxylation sites is 1. The fourth-order valence-electron chi connectivity index (χ4n) is 2.59. The summed E-state index contributed by atoms with van der Waals surface area (Å²) in [6.07, 6.45) is 0. The Bertz CT molecular complexity index is 1020. The van der Waals surface area contributed by atoms with Gasteiger partial charge in [-0.15, -0.1) is 11.3 Å². The second-order valence-corrected chi connectivity index (χ2v) is 7.20. The van der Waals surface area contributed by atoms with Crippen LogP contribution in [0.2, 0.25) is 5.02 Å². The highest BCUT2D eigenvalue weighted by molar-refractivity contribution is 7.21. The molecule has 0 aliphatic rings. The fraction of sp³-hybridized carbons (Fsp3) is 0.200. The lowest BCUT2D eigenvalue weighted by atomic mass is 10.2. The zero-order valence-corrected chi connectivity index (χ0v) is 16.9. The molecule has 0 fully saturated rings. The second kappa shape index (κ2) is 8.95. The monoisotopic (exact) mass is 419 g/mol. The average Bonchev–Trinajstić information content (AvgIpc) is 3.06. The molecule has 0 saturated carbocycles. The molecule has 2 aromatic carbocycles. The van der Waals surface area contributed by atoms with E-state index in [9.17, 15) is 9.59 Å². The van der Waals surface area contributed by atoms with Crippen LogP contribution in [0.1, 0.15) is 15.2 Å². The van der Waals surface area contributed by atoms with Crippen molar-refractivity contribution in [2.24, 2.45) is 0 Å². The number of benzene rings is 2. The van der Waals surface area contributed by atoms with Gasteiger partial charge < -0.3 is 19.5 Å². The smallest absolute Gasteiger partial charge is 0.350 e. The number of carbonyl (C=O) groups is 2. The van der Waals surface area contributed by atoms with Crippen molar-refractivity contribution in [1.29, 1.82) is 0 Å². The Morgan fingerprint density at radius 3 is 2.64 bits per heavy atom. The van der Waals surface area contributed by atoms with Crippen molar-refractivity contribution in [3.8, 4) is 11.5 Å². The highest BCUT2D eigenvalue weighted by Crippen LogP contribution is 2.37. The molecule has 8 heteroatoms. The summed E-state index contributed by atoms with van der Waals surface area (Å²) in [4.78, 5) is 24.6. The van der Waals surface area contributed by atoms with Crippen molar-refractivity contribution < 1.29 is 23.8 Å². The van der Waals surface area contributed by atoms with Gasteiger partial charge in [0, 0.05) is 22.2 Å². The van der Waals surface area contributed by atoms with E-state index in [4.69, 9.17) is 25.8 Å². The number of nitrogens with one attached hydrogen (secondary N) is 1. The Balaban J connectivity index is 1.60. The fourth-order valence-corrected chi connectivity index (χ4v) is 4.02. The van der Waals surface area contributed by atoms with Gasteiger partial charge in [-0.25, -0.2) is 4.79 Å². The molecule has 3 aromatic rings. The Kier molecular flexibility index (Phi) is 6.38. The maximum atomic E-state index is 12.3. The van der Waals surface area contributed by atoms with E-state index >= 15 is 0 Å². The van der Waals surface area contributed by atoms with E-state index in [1.807, 2.05) is 18.2 Å². The van der Waals surface area contributed by atoms with Gasteiger partial charge >= 0.3 is 5.97 Å². The molecule has 6 nitrogen and oxygen atoms in total. The average molecular weight is 420 g/mol. The van der Waals surface area contributed by atoms with Crippen molar-refractivity contribution in [3.05, 3.63) is 57.9 Å². The summed E-state index contributed by atoms with van der Waals surface area (Å²) < 4.78 is 16.3. The molecular formula is C20H18ClNO5S. The van der Waals surface area contributed by atoms with Gasteiger partial charge in [0.25, 0.3) is 5.91 Å². The number of rotatable bonds is 7. The van der Waals surface area contributed by atoms with Crippen LogP contribution in [0.5, 0.6) is 11.5 Å². The lowest BCUT2D eigenvalue weighted by Crippen LogP contribution is -2.28. The number of hydrogen-bond acceptors (Lipinski definition) is 6. The predicted octanol–water partition coefficient (Wildman–Crippen LogP) is 4.05. The molecule has 1 heterocycles. The molecule has 0 radical (unpaired) electrons. The van der Waals surface area contributed by atoms with Crippen molar-refractivity contribution >= 4 is 44.9 Å². The third-order valence-electron chi connectivity index (χ3n) is 4.02. The minimum atomic E-state index is -0.641. The molecule has 1 amide bonds. The normalized spacial score (nSPS) is 10.5. The largest absolute Gasteiger partial charge is 0.497 e. The van der Waals surface area contributed by atoms with E-state index < -0.39 is 18.5 Å². The quantitative estimate of drug-likeness (QED) is 0.585. The molecule has 0 unspecified atom stereocenters. The first-order valence-electron chi connectivity index (χ1n) is 8.35. The van der Waals surface area contributed by atoms with E-state index in [0.717, 1.165) is 15.6 Å². The summed E-state index contributed by atoms with van der Waals surface area (Å²) >= 11 is 7.49. The number of esters is 1. The zero-order valence-electron chi connectivity index (χ0n) is 15.3. The first-order chi connectivity index (χ1) is 13.5. The lowest BCUT2D eigenvalue weighted by molar-refractivity contribution is -0.124. The molecule has 3 rings (SSSR count). The van der Waals surface area contributed by atoms with E-state index in [0.29, 0.717) is 16.5 Å². The van der Waals surface area contributed by atoms with Crippen LogP contribution in [-0.4, -0.2) is 32.7 Å². The SMILES string of the molecule is COc1ccc2c(Cl)c(C(=O)OCC(=O)NCc3ccccc3OC)sc2c1. The number of methoxy groups -OCH3 is 2. The molecule has 0 spiro atoms. The van der Waals surface area contributed by atoms with Gasteiger partial charge in [0.1, 0.15) is 16.4 Å². The van der Waals surface area contributed by atoms with Crippen LogP contribution < -0.4 is 14.8 Å². The summed E-state index contributed by atoms with van der Waals surface area (Å²) in [6, 6.07) is 12.7. The molecular weight excluding hydrogens is 402 g/mol. The highest BCUT2D eigenvalue weighted by Gasteiger charge is 2.20. The second-order valence-electron chi connectivity index (χ2n) is 5.77. The van der Waals surface area contributed by atoms with Gasteiger partial charge in [-0.3, -0.25) is 4.79 Å². The molecule has 1 N–H and O–H groups in total. The van der Waals surface area contributed by atoms with Gasteiger partial charge in [-0.2, -0.15) is 0 Å². The molecule has 0 saturated heterocycles. The van der Waals surface area contributed by atoms with Gasteiger partial charge in [-0.1, -0.05) is 29.8 Å². The topological polar surface area (TPSA) is 73.9 Å². The summed E-state index contributed by atoms with van der Waals surface area (Å²) in [6.45, 7) is -0.133. The standard InChI is InChI=1S/C20H18ClNO5S/c1-25-13-7-8-14-16(9-13)28-19(18(14)21)20(24)27-11-17(23)22-10-12-5-3-4-6-15(12)26-2/h3-9H,10-11H2,1-2H3,(H,22,23). The summed E-state index contributed by atoms with van der Waals surface area (Å²) in [5.74, 6) is 0.282. The number of halogens is 1. The van der Waals surface area contributed by atoms with Gasteiger partial charge in [0.05, 0.1) is 19.2 Å². The summed E-state index contributed by atoms with van der Waals surface area (Å²) in [5.41, 5.74) is 0.825. The summed E-state index contributed by atoms with van der Waals surface area (Å²) in [5, 5.41) is 3.74. The minimum absolute atomic E-state index is 0.252. The van der Waals surface area contributed by atoms with Crippen LogP contribution in [0.15, 0.2) is 42.5 Å². The number of amides is 1. The van der Waals surface area contributed by atoms with E-state index in [1.165, 1.54) is 11.3 Å². The number of fused-ring (bicyclic) bond motifs is 1. The number of carbonyl (C=O) groups excluding carboxylic acids is 2. The third kappa shape index (κ3) is 4.37. The maximum Gasteiger partial charge on any atom is 0.350 e. The molecule has 1 aromatic heterocycles. The Morgan fingerprint density at radius 2 is 1.89 bits per heavy atom. The van der Waals surface area contributed by atoms with Crippen molar-refractivity contribution in [2.75, 3.05) is 20.8 Å². The predicted molar refractivity (Wildman–Crippen MR) is 109 cm³/mol. The van der Waals surface area contributed by atoms with Crippen LogP contribution in [-0.2, 0) is 16.1 Å². The van der Waals surface area contributed by atoms with Crippen LogP contribution in [0, 0.1) is 0 Å². The first kappa shape index (κ1) is 20.0. The van der Waals surface area contributed by atoms with Crippen molar-refractivity contribution in [2.45, 2.75) is 6.54 Å². The number of hydrogen-bond donors (Lipinski definition) is 1. The van der Waals surface area contributed by atoms with E-state index in [2.05, 4.69) is 5.32 Å². The molecule has 0 aliphatic carbocycles. The van der Waals surface area contributed by atoms with Gasteiger partial charge in [0.2, 0.25) is 0 Å². The minimum Gasteiger partial charge on any atom is -0.497 e. The Labute approximate surface area is 171 Å². The molecule has 0 aliphatic heterocycles. The highest BCUT2D eigenvalue weighted by atomic mass is 35.5. The molecule has 0 atom stereocenters. The number of ether oxygens (including phenoxy) is 3. The Morgan fingerprint density at radius 1 is 1.11 bits per heavy atom. The van der Waals surface area contributed by atoms with Crippen LogP contribution in [0.3, 0.4) is 0 Å². The van der Waals surface area contributed by atoms with Crippen LogP contribution in [0.4, 0.5) is 0 Å². The molecule has 0 bridgehead atoms. The maximum absolute atomic E-state index is 12.3.